The Labute approximate surface area is 184 Å². The molecule has 0 aliphatic carbocycles. The van der Waals surface area contributed by atoms with Gasteiger partial charge in [0, 0.05) is 28.7 Å². The first kappa shape index (κ1) is 22.9. The minimum atomic E-state index is -0.291. The number of amides is 1. The minimum Gasteiger partial charge on any atom is -0.493 e. The number of rotatable bonds is 10. The van der Waals surface area contributed by atoms with Crippen molar-refractivity contribution in [3.8, 4) is 11.5 Å². The molecule has 0 aliphatic heterocycles. The monoisotopic (exact) mass is 476 g/mol. The third-order valence-corrected chi connectivity index (χ3v) is 4.75. The van der Waals surface area contributed by atoms with E-state index in [9.17, 15) is 4.79 Å². The van der Waals surface area contributed by atoms with Gasteiger partial charge in [-0.05, 0) is 71.2 Å². The number of allylic oxidation sites excluding steroid dienone is 3. The number of carbonyl (C=O) groups is 1. The normalized spacial score (nSPS) is 12.1. The van der Waals surface area contributed by atoms with Crippen molar-refractivity contribution in [2.24, 2.45) is 4.99 Å². The predicted molar refractivity (Wildman–Crippen MR) is 124 cm³/mol. The Hall–Kier alpha value is -2.38. The van der Waals surface area contributed by atoms with Gasteiger partial charge in [-0.1, -0.05) is 12.2 Å². The van der Waals surface area contributed by atoms with Crippen LogP contribution in [-0.2, 0) is 6.42 Å². The number of ether oxygens (including phenoxy) is 2. The Morgan fingerprint density at radius 1 is 1.31 bits per heavy atom. The van der Waals surface area contributed by atoms with Crippen LogP contribution in [0.1, 0.15) is 36.7 Å². The molecular formula is C22H25BrN2O3S. The van der Waals surface area contributed by atoms with E-state index in [1.54, 1.807) is 35.7 Å². The van der Waals surface area contributed by atoms with Crippen LogP contribution in [0, 0.1) is 0 Å². The van der Waals surface area contributed by atoms with Crippen molar-refractivity contribution in [1.29, 1.82) is 0 Å². The molecule has 2 aromatic rings. The Bertz CT molecular complexity index is 874. The summed E-state index contributed by atoms with van der Waals surface area (Å²) in [4.78, 5) is 16.6. The van der Waals surface area contributed by atoms with Crippen LogP contribution in [0.3, 0.4) is 0 Å². The van der Waals surface area contributed by atoms with Crippen molar-refractivity contribution in [3.63, 3.8) is 0 Å². The van der Waals surface area contributed by atoms with Crippen LogP contribution >= 0.6 is 27.3 Å². The zero-order chi connectivity index (χ0) is 21.1. The summed E-state index contributed by atoms with van der Waals surface area (Å²) in [5.41, 5.74) is 1.67. The molecule has 0 fully saturated rings. The van der Waals surface area contributed by atoms with Crippen molar-refractivity contribution < 1.29 is 14.3 Å². The number of nitrogens with one attached hydrogen (secondary N) is 1. The van der Waals surface area contributed by atoms with Crippen LogP contribution in [0.15, 0.2) is 62.9 Å². The summed E-state index contributed by atoms with van der Waals surface area (Å²) in [6.07, 6.45) is 7.47. The van der Waals surface area contributed by atoms with E-state index in [0.29, 0.717) is 23.7 Å². The molecule has 1 N–H and O–H groups in total. The Balaban J connectivity index is 2.06. The number of benzene rings is 1. The molecule has 7 heteroatoms. The molecule has 5 nitrogen and oxygen atoms in total. The van der Waals surface area contributed by atoms with Crippen molar-refractivity contribution in [2.75, 3.05) is 6.61 Å². The topological polar surface area (TPSA) is 59.9 Å². The minimum absolute atomic E-state index is 0.0114. The summed E-state index contributed by atoms with van der Waals surface area (Å²) >= 11 is 5.01. The summed E-state index contributed by atoms with van der Waals surface area (Å²) in [5.74, 6) is 0.892. The molecule has 1 amide bonds. The Kier molecular flexibility index (Phi) is 9.67. The highest BCUT2D eigenvalue weighted by Gasteiger charge is 2.11. The molecule has 0 bridgehead atoms. The maximum absolute atomic E-state index is 12.5. The van der Waals surface area contributed by atoms with Gasteiger partial charge in [-0.15, -0.1) is 0 Å². The number of carbonyl (C=O) groups excluding carboxylic acids is 1. The fourth-order valence-corrected chi connectivity index (χ4v) is 3.42. The van der Waals surface area contributed by atoms with Crippen LogP contribution in [-0.4, -0.2) is 25.0 Å². The first-order chi connectivity index (χ1) is 14.0. The molecule has 1 aromatic heterocycles. The van der Waals surface area contributed by atoms with Crippen LogP contribution in [0.2, 0.25) is 0 Å². The van der Waals surface area contributed by atoms with Crippen LogP contribution in [0.25, 0.3) is 0 Å². The Morgan fingerprint density at radius 2 is 2.10 bits per heavy atom. The number of hydrogen-bond donors (Lipinski definition) is 1. The first-order valence-electron chi connectivity index (χ1n) is 9.24. The van der Waals surface area contributed by atoms with Gasteiger partial charge < -0.3 is 14.8 Å². The van der Waals surface area contributed by atoms with E-state index in [2.05, 4.69) is 37.7 Å². The molecular weight excluding hydrogens is 452 g/mol. The van der Waals surface area contributed by atoms with Gasteiger partial charge in [0.25, 0.3) is 5.91 Å². The van der Waals surface area contributed by atoms with E-state index in [1.165, 1.54) is 11.9 Å². The molecule has 0 saturated heterocycles. The van der Waals surface area contributed by atoms with Gasteiger partial charge in [-0.2, -0.15) is 11.3 Å². The maximum Gasteiger partial charge on any atom is 0.256 e. The van der Waals surface area contributed by atoms with E-state index in [1.807, 2.05) is 38.3 Å². The molecule has 2 rings (SSSR count). The average Bonchev–Trinajstić information content (AvgIpc) is 3.18. The van der Waals surface area contributed by atoms with E-state index in [-0.39, 0.29) is 12.0 Å². The van der Waals surface area contributed by atoms with Crippen molar-refractivity contribution in [2.45, 2.75) is 33.3 Å². The summed E-state index contributed by atoms with van der Waals surface area (Å²) < 4.78 is 12.4. The summed E-state index contributed by atoms with van der Waals surface area (Å²) in [6.45, 7) is 6.30. The predicted octanol–water partition coefficient (Wildman–Crippen LogP) is 5.73. The summed E-state index contributed by atoms with van der Waals surface area (Å²) in [6, 6.07) is 7.28. The highest BCUT2D eigenvalue weighted by Crippen LogP contribution is 2.24. The lowest BCUT2D eigenvalue weighted by Gasteiger charge is -2.14. The van der Waals surface area contributed by atoms with Crippen molar-refractivity contribution in [1.82, 2.24) is 5.32 Å². The lowest BCUT2D eigenvalue weighted by atomic mass is 10.2. The number of thiophene rings is 1. The van der Waals surface area contributed by atoms with E-state index in [0.717, 1.165) is 10.9 Å². The molecule has 0 spiro atoms. The molecule has 0 atom stereocenters. The molecule has 0 saturated carbocycles. The molecule has 1 aromatic carbocycles. The highest BCUT2D eigenvalue weighted by atomic mass is 79.9. The molecule has 1 heterocycles. The smallest absolute Gasteiger partial charge is 0.256 e. The number of halogens is 1. The van der Waals surface area contributed by atoms with Crippen LogP contribution < -0.4 is 14.8 Å². The standard InChI is InChI=1S/C22H25BrN2O3S/c1-4-5-19(23)13-24-15-25-22(26)18-10-20(12-21(11-18)28-16(2)3)27-8-6-17-7-9-29-14-17/h4-5,7,9-16H,6,8H2,1-3H3,(H,24,25,26)/b5-4-,19-13+. The van der Waals surface area contributed by atoms with Gasteiger partial charge >= 0.3 is 0 Å². The zero-order valence-electron chi connectivity index (χ0n) is 16.7. The first-order valence-corrected chi connectivity index (χ1v) is 11.0. The molecule has 0 radical (unpaired) electrons. The molecule has 0 aliphatic rings. The maximum atomic E-state index is 12.5. The summed E-state index contributed by atoms with van der Waals surface area (Å²) in [7, 11) is 0. The van der Waals surface area contributed by atoms with Crippen molar-refractivity contribution in [3.05, 3.63) is 69.0 Å². The van der Waals surface area contributed by atoms with Gasteiger partial charge in [0.2, 0.25) is 0 Å². The van der Waals surface area contributed by atoms with E-state index < -0.39 is 0 Å². The second kappa shape index (κ2) is 12.2. The fourth-order valence-electron chi connectivity index (χ4n) is 2.34. The fraction of sp³-hybridized carbons (Fsp3) is 0.273. The second-order valence-electron chi connectivity index (χ2n) is 6.36. The highest BCUT2D eigenvalue weighted by molar-refractivity contribution is 9.11. The average molecular weight is 477 g/mol. The van der Waals surface area contributed by atoms with E-state index in [4.69, 9.17) is 9.47 Å². The lowest BCUT2D eigenvalue weighted by Crippen LogP contribution is -2.21. The summed E-state index contributed by atoms with van der Waals surface area (Å²) in [5, 5.41) is 6.80. The van der Waals surface area contributed by atoms with Gasteiger partial charge in [0.15, 0.2) is 0 Å². The quantitative estimate of drug-likeness (QED) is 0.270. The largest absolute Gasteiger partial charge is 0.493 e. The van der Waals surface area contributed by atoms with E-state index >= 15 is 0 Å². The zero-order valence-corrected chi connectivity index (χ0v) is 19.1. The van der Waals surface area contributed by atoms with Crippen molar-refractivity contribution >= 4 is 39.5 Å². The molecule has 29 heavy (non-hydrogen) atoms. The molecule has 0 unspecified atom stereocenters. The SMILES string of the molecule is C/C=C\C(Br)=C/N=CNC(=O)c1cc(OCCc2ccsc2)cc(OC(C)C)c1. The van der Waals surface area contributed by atoms with Gasteiger partial charge in [0.1, 0.15) is 11.5 Å². The Morgan fingerprint density at radius 3 is 2.79 bits per heavy atom. The van der Waals surface area contributed by atoms with Crippen LogP contribution in [0.4, 0.5) is 0 Å². The third-order valence-electron chi connectivity index (χ3n) is 3.55. The number of nitrogens with zero attached hydrogens (tertiary/aromatic N) is 1. The second-order valence-corrected chi connectivity index (χ2v) is 8.05. The lowest BCUT2D eigenvalue weighted by molar-refractivity contribution is 0.0977. The van der Waals surface area contributed by atoms with Gasteiger partial charge in [-0.3, -0.25) is 4.79 Å². The number of aliphatic imine (C=N–C) groups is 1. The van der Waals surface area contributed by atoms with Crippen LogP contribution in [0.5, 0.6) is 11.5 Å². The third kappa shape index (κ3) is 8.66. The molecule has 154 valence electrons. The number of hydrogen-bond acceptors (Lipinski definition) is 5. The van der Waals surface area contributed by atoms with Gasteiger partial charge in [-0.25, -0.2) is 4.99 Å². The van der Waals surface area contributed by atoms with Gasteiger partial charge in [0.05, 0.1) is 19.0 Å².